The average molecular weight is 516 g/mol. The van der Waals surface area contributed by atoms with Crippen LogP contribution in [0, 0.1) is 0 Å². The van der Waals surface area contributed by atoms with Crippen molar-refractivity contribution in [2.24, 2.45) is 0 Å². The van der Waals surface area contributed by atoms with E-state index in [0.717, 1.165) is 27.7 Å². The minimum absolute atomic E-state index is 0.115. The van der Waals surface area contributed by atoms with Crippen molar-refractivity contribution in [3.63, 3.8) is 0 Å². The van der Waals surface area contributed by atoms with E-state index in [4.69, 9.17) is 9.15 Å². The van der Waals surface area contributed by atoms with Crippen LogP contribution in [0.15, 0.2) is 118 Å². The molecule has 0 radical (unpaired) electrons. The number of fused-ring (bicyclic) bond motifs is 2. The van der Waals surface area contributed by atoms with Gasteiger partial charge in [0.2, 0.25) is 0 Å². The SMILES string of the molecule is O=C(OCCc1c(C(c2ccccc2)c2c(O)c3ccccc3oc2=O)[nH]c2ccccc12)c1ccccc1. The molecule has 6 nitrogen and oxygen atoms in total. The molecule has 192 valence electrons. The van der Waals surface area contributed by atoms with Gasteiger partial charge in [-0.3, -0.25) is 0 Å². The monoisotopic (exact) mass is 515 g/mol. The van der Waals surface area contributed by atoms with Crippen molar-refractivity contribution in [2.75, 3.05) is 6.61 Å². The second kappa shape index (κ2) is 10.3. The number of aromatic hydroxyl groups is 1. The Balaban J connectivity index is 1.48. The lowest BCUT2D eigenvalue weighted by Crippen LogP contribution is -2.17. The van der Waals surface area contributed by atoms with Crippen LogP contribution in [0.5, 0.6) is 5.75 Å². The topological polar surface area (TPSA) is 92.5 Å². The van der Waals surface area contributed by atoms with E-state index in [9.17, 15) is 14.7 Å². The molecule has 0 aliphatic rings. The number of hydrogen-bond donors (Lipinski definition) is 2. The number of hydrogen-bond acceptors (Lipinski definition) is 5. The first-order chi connectivity index (χ1) is 19.1. The lowest BCUT2D eigenvalue weighted by atomic mass is 9.85. The molecule has 4 aromatic carbocycles. The predicted octanol–water partition coefficient (Wildman–Crippen LogP) is 6.56. The van der Waals surface area contributed by atoms with E-state index >= 15 is 0 Å². The van der Waals surface area contributed by atoms with Crippen molar-refractivity contribution in [2.45, 2.75) is 12.3 Å². The van der Waals surface area contributed by atoms with Gasteiger partial charge in [-0.15, -0.1) is 0 Å². The zero-order valence-electron chi connectivity index (χ0n) is 21.0. The second-order valence-corrected chi connectivity index (χ2v) is 9.31. The Kier molecular flexibility index (Phi) is 6.43. The summed E-state index contributed by atoms with van der Waals surface area (Å²) in [5.41, 5.74) is 3.65. The summed E-state index contributed by atoms with van der Waals surface area (Å²) in [7, 11) is 0. The number of aromatic amines is 1. The molecule has 6 aromatic rings. The molecule has 1 unspecified atom stereocenters. The van der Waals surface area contributed by atoms with Crippen LogP contribution in [0.4, 0.5) is 0 Å². The molecule has 6 rings (SSSR count). The summed E-state index contributed by atoms with van der Waals surface area (Å²) in [4.78, 5) is 29.5. The molecule has 1 atom stereocenters. The highest BCUT2D eigenvalue weighted by Crippen LogP contribution is 2.41. The van der Waals surface area contributed by atoms with Crippen molar-refractivity contribution >= 4 is 27.8 Å². The number of carbonyl (C=O) groups is 1. The van der Waals surface area contributed by atoms with Crippen LogP contribution in [-0.4, -0.2) is 22.7 Å². The lowest BCUT2D eigenvalue weighted by molar-refractivity contribution is 0.0509. The molecule has 0 aliphatic carbocycles. The Labute approximate surface area is 224 Å². The van der Waals surface area contributed by atoms with E-state index < -0.39 is 17.5 Å². The highest BCUT2D eigenvalue weighted by Gasteiger charge is 2.30. The first kappa shape index (κ1) is 24.2. The van der Waals surface area contributed by atoms with Crippen LogP contribution < -0.4 is 5.63 Å². The summed E-state index contributed by atoms with van der Waals surface area (Å²) in [6.45, 7) is 0.141. The molecule has 2 heterocycles. The molecule has 0 spiro atoms. The molecular formula is C33H25NO5. The molecule has 0 fully saturated rings. The molecule has 6 heteroatoms. The standard InChI is InChI=1S/C33H25NO5/c35-31-25-16-8-10-18-27(25)39-33(37)29(31)28(21-11-3-1-4-12-21)30-24(23-15-7-9-17-26(23)34-30)19-20-38-32(36)22-13-5-2-6-14-22/h1-18,28,34-35H,19-20H2. The molecule has 0 bridgehead atoms. The van der Waals surface area contributed by atoms with Gasteiger partial charge in [-0.1, -0.05) is 78.9 Å². The maximum Gasteiger partial charge on any atom is 0.344 e. The number of para-hydroxylation sites is 2. The quantitative estimate of drug-likeness (QED) is 0.186. The van der Waals surface area contributed by atoms with Crippen molar-refractivity contribution < 1.29 is 19.1 Å². The van der Waals surface area contributed by atoms with Crippen LogP contribution >= 0.6 is 0 Å². The van der Waals surface area contributed by atoms with Gasteiger partial charge < -0.3 is 19.2 Å². The fourth-order valence-corrected chi connectivity index (χ4v) is 5.17. The lowest BCUT2D eigenvalue weighted by Gasteiger charge is -2.20. The van der Waals surface area contributed by atoms with Crippen molar-refractivity contribution in [1.82, 2.24) is 4.98 Å². The van der Waals surface area contributed by atoms with Crippen molar-refractivity contribution in [3.8, 4) is 5.75 Å². The fraction of sp³-hybridized carbons (Fsp3) is 0.0909. The number of esters is 1. The Bertz CT molecular complexity index is 1840. The zero-order chi connectivity index (χ0) is 26.8. The van der Waals surface area contributed by atoms with E-state index in [-0.39, 0.29) is 17.9 Å². The largest absolute Gasteiger partial charge is 0.507 e. The number of H-pyrrole nitrogens is 1. The van der Waals surface area contributed by atoms with E-state index in [2.05, 4.69) is 4.98 Å². The third-order valence-electron chi connectivity index (χ3n) is 6.97. The Morgan fingerprint density at radius 3 is 2.23 bits per heavy atom. The number of ether oxygens (including phenoxy) is 1. The van der Waals surface area contributed by atoms with Gasteiger partial charge in [0.15, 0.2) is 0 Å². The van der Waals surface area contributed by atoms with Crippen LogP contribution in [0.25, 0.3) is 21.9 Å². The molecule has 0 amide bonds. The average Bonchev–Trinajstić information content (AvgIpc) is 3.34. The Morgan fingerprint density at radius 2 is 1.46 bits per heavy atom. The molecule has 0 aliphatic heterocycles. The molecular weight excluding hydrogens is 490 g/mol. The zero-order valence-corrected chi connectivity index (χ0v) is 21.0. The highest BCUT2D eigenvalue weighted by atomic mass is 16.5. The highest BCUT2D eigenvalue weighted by molar-refractivity contribution is 5.90. The van der Waals surface area contributed by atoms with Gasteiger partial charge in [0.25, 0.3) is 0 Å². The number of aromatic nitrogens is 1. The summed E-state index contributed by atoms with van der Waals surface area (Å²) in [5, 5.41) is 12.8. The summed E-state index contributed by atoms with van der Waals surface area (Å²) in [6.07, 6.45) is 0.404. The van der Waals surface area contributed by atoms with Crippen molar-refractivity contribution in [1.29, 1.82) is 0 Å². The predicted molar refractivity (Wildman–Crippen MR) is 150 cm³/mol. The van der Waals surface area contributed by atoms with Gasteiger partial charge in [0.05, 0.1) is 29.0 Å². The Hall–Kier alpha value is -5.10. The third-order valence-corrected chi connectivity index (χ3v) is 6.97. The first-order valence-electron chi connectivity index (χ1n) is 12.7. The van der Waals surface area contributed by atoms with E-state index in [1.165, 1.54) is 0 Å². The van der Waals surface area contributed by atoms with Crippen LogP contribution in [0.2, 0.25) is 0 Å². The van der Waals surface area contributed by atoms with Gasteiger partial charge in [-0.05, 0) is 41.5 Å². The third kappa shape index (κ3) is 4.57. The van der Waals surface area contributed by atoms with Gasteiger partial charge in [-0.2, -0.15) is 0 Å². The summed E-state index contributed by atoms with van der Waals surface area (Å²) in [6, 6.07) is 33.2. The van der Waals surface area contributed by atoms with E-state index in [1.807, 2.05) is 60.7 Å². The van der Waals surface area contributed by atoms with Gasteiger partial charge in [-0.25, -0.2) is 9.59 Å². The van der Waals surface area contributed by atoms with E-state index in [1.54, 1.807) is 48.5 Å². The van der Waals surface area contributed by atoms with Crippen LogP contribution in [0.1, 0.15) is 38.7 Å². The van der Waals surface area contributed by atoms with Gasteiger partial charge in [0, 0.05) is 23.0 Å². The maximum atomic E-state index is 13.4. The molecule has 0 saturated carbocycles. The molecule has 0 saturated heterocycles. The normalized spacial score (nSPS) is 12.0. The minimum Gasteiger partial charge on any atom is -0.507 e. The number of nitrogens with one attached hydrogen (secondary N) is 1. The molecule has 39 heavy (non-hydrogen) atoms. The number of benzene rings is 4. The first-order valence-corrected chi connectivity index (χ1v) is 12.7. The summed E-state index contributed by atoms with van der Waals surface area (Å²) in [5.74, 6) is -1.17. The van der Waals surface area contributed by atoms with Crippen molar-refractivity contribution in [3.05, 3.63) is 148 Å². The van der Waals surface area contributed by atoms with Crippen LogP contribution in [0.3, 0.4) is 0 Å². The van der Waals surface area contributed by atoms with Crippen LogP contribution in [-0.2, 0) is 11.2 Å². The minimum atomic E-state index is -0.653. The summed E-state index contributed by atoms with van der Waals surface area (Å²) >= 11 is 0. The fourth-order valence-electron chi connectivity index (χ4n) is 5.17. The van der Waals surface area contributed by atoms with Gasteiger partial charge >= 0.3 is 11.6 Å². The summed E-state index contributed by atoms with van der Waals surface area (Å²) < 4.78 is 11.3. The Morgan fingerprint density at radius 1 is 0.821 bits per heavy atom. The number of rotatable bonds is 7. The smallest absolute Gasteiger partial charge is 0.344 e. The molecule has 2 N–H and O–H groups in total. The van der Waals surface area contributed by atoms with E-state index in [0.29, 0.717) is 23.0 Å². The number of carbonyl (C=O) groups excluding carboxylic acids is 1. The van der Waals surface area contributed by atoms with Gasteiger partial charge in [0.1, 0.15) is 11.3 Å². The maximum absolute atomic E-state index is 13.4. The molecule has 2 aromatic heterocycles. The second-order valence-electron chi connectivity index (χ2n) is 9.31.